The zero-order valence-corrected chi connectivity index (χ0v) is 20.9. The van der Waals surface area contributed by atoms with Crippen molar-refractivity contribution in [1.82, 2.24) is 0 Å². The molecule has 0 unspecified atom stereocenters. The summed E-state index contributed by atoms with van der Waals surface area (Å²) in [6.45, 7) is 2.78. The van der Waals surface area contributed by atoms with E-state index in [1.807, 2.05) is 23.1 Å². The zero-order valence-electron chi connectivity index (χ0n) is 20.9. The molecule has 1 aliphatic carbocycles. The summed E-state index contributed by atoms with van der Waals surface area (Å²) < 4.78 is 0. The number of anilines is 2. The van der Waals surface area contributed by atoms with Crippen molar-refractivity contribution in [3.63, 3.8) is 0 Å². The highest BCUT2D eigenvalue weighted by Crippen LogP contribution is 2.45. The minimum Gasteiger partial charge on any atom is -0.342 e. The van der Waals surface area contributed by atoms with Crippen LogP contribution in [0.3, 0.4) is 0 Å². The Morgan fingerprint density at radius 1 is 0.730 bits per heavy atom. The van der Waals surface area contributed by atoms with Crippen LogP contribution in [0.25, 0.3) is 10.8 Å². The van der Waals surface area contributed by atoms with Crippen molar-refractivity contribution >= 4 is 28.1 Å². The number of hydrogen-bond donors (Lipinski definition) is 0. The average molecular weight is 481 g/mol. The van der Waals surface area contributed by atoms with Crippen LogP contribution in [0.2, 0.25) is 0 Å². The van der Waals surface area contributed by atoms with E-state index in [0.29, 0.717) is 6.54 Å². The first kappa shape index (κ1) is 21.9. The number of hydrogen-bond acceptors (Lipinski definition) is 2. The molecule has 3 nitrogen and oxygen atoms in total. The molecule has 7 rings (SSSR count). The van der Waals surface area contributed by atoms with Crippen molar-refractivity contribution in [2.45, 2.75) is 32.5 Å². The Balaban J connectivity index is 1.51. The molecule has 0 fully saturated rings. The molecule has 0 aromatic heterocycles. The molecule has 180 valence electrons. The number of fused-ring (bicyclic) bond motifs is 1. The maximum absolute atomic E-state index is 14.3. The van der Waals surface area contributed by atoms with Crippen LogP contribution in [0.5, 0.6) is 0 Å². The van der Waals surface area contributed by atoms with Crippen molar-refractivity contribution in [1.29, 1.82) is 0 Å². The molecular weight excluding hydrogens is 452 g/mol. The maximum Gasteiger partial charge on any atom is 0.262 e. The van der Waals surface area contributed by atoms with E-state index < -0.39 is 0 Å². The fraction of sp³-hybridized carbons (Fsp3) is 0.147. The first-order valence-corrected chi connectivity index (χ1v) is 13.0. The Morgan fingerprint density at radius 3 is 2.27 bits per heavy atom. The summed E-state index contributed by atoms with van der Waals surface area (Å²) in [6.07, 6.45) is 1.88. The molecule has 1 amide bonds. The molecule has 0 bridgehead atoms. The number of nitrogens with zero attached hydrogens (tertiary/aromatic N) is 2. The van der Waals surface area contributed by atoms with Gasteiger partial charge in [-0.25, -0.2) is 0 Å². The first-order chi connectivity index (χ1) is 18.2. The Labute approximate surface area is 217 Å². The molecule has 5 aromatic carbocycles. The van der Waals surface area contributed by atoms with Gasteiger partial charge in [-0.05, 0) is 71.5 Å². The Hall–Kier alpha value is -4.37. The highest BCUT2D eigenvalue weighted by atomic mass is 16.2. The molecule has 0 saturated carbocycles. The number of carbonyl (C=O) groups is 1. The quantitative estimate of drug-likeness (QED) is 0.264. The van der Waals surface area contributed by atoms with Crippen molar-refractivity contribution < 1.29 is 4.79 Å². The third-order valence-electron chi connectivity index (χ3n) is 7.90. The first-order valence-electron chi connectivity index (χ1n) is 13.0. The largest absolute Gasteiger partial charge is 0.342 e. The Morgan fingerprint density at radius 2 is 1.46 bits per heavy atom. The van der Waals surface area contributed by atoms with E-state index in [2.05, 4.69) is 103 Å². The summed E-state index contributed by atoms with van der Waals surface area (Å²) in [5.41, 5.74) is 9.01. The lowest BCUT2D eigenvalue weighted by atomic mass is 9.93. The van der Waals surface area contributed by atoms with Gasteiger partial charge in [-0.2, -0.15) is 0 Å². The molecule has 37 heavy (non-hydrogen) atoms. The molecule has 0 N–H and O–H groups in total. The normalized spacial score (nSPS) is 16.4. The fourth-order valence-corrected chi connectivity index (χ4v) is 6.13. The molecule has 3 heteroatoms. The smallest absolute Gasteiger partial charge is 0.262 e. The minimum atomic E-state index is -0.282. The molecular formula is C34H28N2O. The molecule has 0 saturated heterocycles. The van der Waals surface area contributed by atoms with Crippen molar-refractivity contribution in [3.05, 3.63) is 143 Å². The van der Waals surface area contributed by atoms with E-state index in [1.54, 1.807) is 0 Å². The molecule has 0 radical (unpaired) electrons. The predicted molar refractivity (Wildman–Crippen MR) is 151 cm³/mol. The summed E-state index contributed by atoms with van der Waals surface area (Å²) in [6, 6.07) is 38.2. The second kappa shape index (κ2) is 8.63. The number of carbonyl (C=O) groups excluding carboxylic acids is 1. The van der Waals surface area contributed by atoms with Gasteiger partial charge in [0.25, 0.3) is 5.91 Å². The van der Waals surface area contributed by atoms with Gasteiger partial charge in [0.05, 0.1) is 11.3 Å². The van der Waals surface area contributed by atoms with E-state index >= 15 is 0 Å². The summed E-state index contributed by atoms with van der Waals surface area (Å²) in [5, 5.41) is 2.62. The third kappa shape index (κ3) is 3.54. The molecule has 2 aliphatic rings. The lowest BCUT2D eigenvalue weighted by molar-refractivity contribution is 0.0968. The molecule has 1 heterocycles. The second-order valence-electron chi connectivity index (χ2n) is 10.2. The molecule has 1 atom stereocenters. The van der Waals surface area contributed by atoms with Gasteiger partial charge < -0.3 is 4.90 Å². The number of benzene rings is 5. The van der Waals surface area contributed by atoms with Crippen LogP contribution in [0, 0.1) is 6.92 Å². The number of amides is 1. The van der Waals surface area contributed by atoms with Gasteiger partial charge in [-0.1, -0.05) is 90.5 Å². The number of rotatable bonds is 4. The van der Waals surface area contributed by atoms with Gasteiger partial charge in [0.2, 0.25) is 0 Å². The topological polar surface area (TPSA) is 23.6 Å². The number of para-hydroxylation sites is 1. The van der Waals surface area contributed by atoms with E-state index in [0.717, 1.165) is 29.8 Å². The summed E-state index contributed by atoms with van der Waals surface area (Å²) in [7, 11) is 0. The zero-order chi connectivity index (χ0) is 24.9. The average Bonchev–Trinajstić information content (AvgIpc) is 3.37. The number of aryl methyl sites for hydroxylation is 3. The van der Waals surface area contributed by atoms with Crippen LogP contribution in [0.4, 0.5) is 11.4 Å². The van der Waals surface area contributed by atoms with Crippen LogP contribution in [-0.4, -0.2) is 5.91 Å². The summed E-state index contributed by atoms with van der Waals surface area (Å²) in [5.74, 6) is 0.0389. The van der Waals surface area contributed by atoms with Crippen LogP contribution in [0.1, 0.15) is 44.3 Å². The highest BCUT2D eigenvalue weighted by Gasteiger charge is 2.40. The highest BCUT2D eigenvalue weighted by molar-refractivity contribution is 6.13. The van der Waals surface area contributed by atoms with E-state index in [9.17, 15) is 4.79 Å². The van der Waals surface area contributed by atoms with E-state index in [4.69, 9.17) is 0 Å². The van der Waals surface area contributed by atoms with Crippen LogP contribution in [-0.2, 0) is 19.4 Å². The van der Waals surface area contributed by atoms with Crippen molar-refractivity contribution in [2.24, 2.45) is 0 Å². The third-order valence-corrected chi connectivity index (χ3v) is 7.90. The monoisotopic (exact) mass is 480 g/mol. The van der Waals surface area contributed by atoms with Crippen molar-refractivity contribution in [3.8, 4) is 0 Å². The summed E-state index contributed by atoms with van der Waals surface area (Å²) in [4.78, 5) is 18.7. The second-order valence-corrected chi connectivity index (χ2v) is 10.2. The van der Waals surface area contributed by atoms with E-state index in [1.165, 1.54) is 38.6 Å². The van der Waals surface area contributed by atoms with E-state index in [-0.39, 0.29) is 12.1 Å². The van der Waals surface area contributed by atoms with Crippen LogP contribution < -0.4 is 9.80 Å². The lowest BCUT2D eigenvalue weighted by Gasteiger charge is -2.46. The fourth-order valence-electron chi connectivity index (χ4n) is 6.13. The SMILES string of the molecule is Cc1ccc(N2C(=O)c3ccccc3N(Cc3ccccc3)[C@@H]2c2ccc3c4c(cccc24)CC3)cc1. The Bertz CT molecular complexity index is 1630. The van der Waals surface area contributed by atoms with Crippen LogP contribution in [0.15, 0.2) is 109 Å². The maximum atomic E-state index is 14.3. The lowest BCUT2D eigenvalue weighted by Crippen LogP contribution is -2.49. The molecule has 0 spiro atoms. The van der Waals surface area contributed by atoms with Gasteiger partial charge in [0.15, 0.2) is 0 Å². The van der Waals surface area contributed by atoms with Crippen LogP contribution >= 0.6 is 0 Å². The Kier molecular flexibility index (Phi) is 5.10. The summed E-state index contributed by atoms with van der Waals surface area (Å²) >= 11 is 0. The predicted octanol–water partition coefficient (Wildman–Crippen LogP) is 7.61. The van der Waals surface area contributed by atoms with Gasteiger partial charge in [-0.15, -0.1) is 0 Å². The van der Waals surface area contributed by atoms with Gasteiger partial charge >= 0.3 is 0 Å². The van der Waals surface area contributed by atoms with Gasteiger partial charge in [-0.3, -0.25) is 9.69 Å². The van der Waals surface area contributed by atoms with Gasteiger partial charge in [0.1, 0.15) is 6.17 Å². The van der Waals surface area contributed by atoms with Gasteiger partial charge in [0, 0.05) is 17.8 Å². The standard InChI is InChI=1S/C34H28N2O/c1-23-14-19-27(20-15-23)36-33(29-21-18-26-17-16-25-10-7-12-28(29)32(25)26)35(22-24-8-3-2-4-9-24)31-13-6-5-11-30(31)34(36)37/h2-15,18-21,33H,16-17,22H2,1H3/t33-/m0/s1. The van der Waals surface area contributed by atoms with Crippen molar-refractivity contribution in [2.75, 3.05) is 9.80 Å². The minimum absolute atomic E-state index is 0.0389. The molecule has 5 aromatic rings. The molecule has 1 aliphatic heterocycles.